The molecule has 7 nitrogen and oxygen atoms in total. The Balaban J connectivity index is 1.61. The molecule has 0 amide bonds. The van der Waals surface area contributed by atoms with E-state index >= 15 is 0 Å². The molecule has 29 heavy (non-hydrogen) atoms. The van der Waals surface area contributed by atoms with E-state index in [4.69, 9.17) is 0 Å². The first-order valence-corrected chi connectivity index (χ1v) is 9.32. The topological polar surface area (TPSA) is 88.8 Å². The fourth-order valence-corrected chi connectivity index (χ4v) is 3.01. The highest BCUT2D eigenvalue weighted by Gasteiger charge is 2.10. The number of nitrogens with zero attached hydrogens (tertiary/aromatic N) is 5. The Kier molecular flexibility index (Phi) is 5.18. The van der Waals surface area contributed by atoms with Crippen LogP contribution < -0.4 is 5.32 Å². The summed E-state index contributed by atoms with van der Waals surface area (Å²) < 4.78 is 15.6. The molecule has 0 fully saturated rings. The van der Waals surface area contributed by atoms with Crippen molar-refractivity contribution in [1.29, 1.82) is 0 Å². The number of anilines is 1. The van der Waals surface area contributed by atoms with Crippen molar-refractivity contribution in [3.05, 3.63) is 65.6 Å². The van der Waals surface area contributed by atoms with Crippen LogP contribution in [0.15, 0.2) is 48.7 Å². The van der Waals surface area contributed by atoms with E-state index < -0.39 is 0 Å². The van der Waals surface area contributed by atoms with Gasteiger partial charge in [0.15, 0.2) is 0 Å². The molecule has 2 N–H and O–H groups in total. The normalized spacial score (nSPS) is 12.3. The maximum Gasteiger partial charge on any atom is 0.223 e. The molecule has 0 saturated carbocycles. The van der Waals surface area contributed by atoms with E-state index in [0.717, 1.165) is 27.9 Å². The van der Waals surface area contributed by atoms with Crippen LogP contribution in [0.1, 0.15) is 18.1 Å². The summed E-state index contributed by atoms with van der Waals surface area (Å²) in [6.45, 7) is 4.02. The van der Waals surface area contributed by atoms with E-state index in [1.54, 1.807) is 23.9 Å². The van der Waals surface area contributed by atoms with Crippen LogP contribution in [-0.2, 0) is 6.54 Å². The van der Waals surface area contributed by atoms with Crippen LogP contribution >= 0.6 is 0 Å². The van der Waals surface area contributed by atoms with Gasteiger partial charge in [-0.3, -0.25) is 0 Å². The summed E-state index contributed by atoms with van der Waals surface area (Å²) in [7, 11) is 0. The number of hydrogen-bond donors (Lipinski definition) is 2. The minimum Gasteiger partial charge on any atom is -0.394 e. The number of nitrogens with one attached hydrogen (secondary N) is 1. The quantitative estimate of drug-likeness (QED) is 0.524. The van der Waals surface area contributed by atoms with E-state index in [9.17, 15) is 9.50 Å². The van der Waals surface area contributed by atoms with Crippen LogP contribution in [0.3, 0.4) is 0 Å². The summed E-state index contributed by atoms with van der Waals surface area (Å²) in [5.74, 6) is 0.229. The molecule has 0 spiro atoms. The Morgan fingerprint density at radius 2 is 2.03 bits per heavy atom. The first-order valence-electron chi connectivity index (χ1n) is 9.32. The number of fused-ring (bicyclic) bond motifs is 1. The van der Waals surface area contributed by atoms with Gasteiger partial charge in [0, 0.05) is 17.8 Å². The van der Waals surface area contributed by atoms with Crippen LogP contribution in [0.2, 0.25) is 0 Å². The van der Waals surface area contributed by atoms with Crippen LogP contribution in [-0.4, -0.2) is 42.7 Å². The molecule has 0 aliphatic heterocycles. The number of hydrogen-bond acceptors (Lipinski definition) is 6. The summed E-state index contributed by atoms with van der Waals surface area (Å²) in [6.07, 6.45) is 1.67. The van der Waals surface area contributed by atoms with Gasteiger partial charge in [0.25, 0.3) is 0 Å². The maximum absolute atomic E-state index is 13.8. The number of aromatic nitrogens is 5. The monoisotopic (exact) mass is 392 g/mol. The molecule has 2 aromatic heterocycles. The molecule has 148 valence electrons. The lowest BCUT2D eigenvalue weighted by molar-refractivity contribution is 0.281. The minimum absolute atomic E-state index is 0.00641. The highest BCUT2D eigenvalue weighted by Crippen LogP contribution is 2.23. The molecule has 4 aromatic rings. The Labute approximate surface area is 167 Å². The molecular formula is C21H21FN6O. The molecule has 0 aliphatic rings. The molecule has 0 saturated heterocycles. The minimum atomic E-state index is -0.224. The lowest BCUT2D eigenvalue weighted by Gasteiger charge is -2.11. The number of aliphatic hydroxyl groups excluding tert-OH is 1. The zero-order valence-electron chi connectivity index (χ0n) is 16.2. The molecule has 2 aromatic carbocycles. The van der Waals surface area contributed by atoms with Crippen molar-refractivity contribution >= 4 is 17.0 Å². The molecule has 4 rings (SSSR count). The van der Waals surface area contributed by atoms with E-state index in [1.807, 2.05) is 37.3 Å². The third-order valence-corrected chi connectivity index (χ3v) is 4.68. The number of rotatable bonds is 6. The molecule has 0 aliphatic carbocycles. The second-order valence-electron chi connectivity index (χ2n) is 7.03. The third kappa shape index (κ3) is 4.07. The smallest absolute Gasteiger partial charge is 0.223 e. The van der Waals surface area contributed by atoms with E-state index in [1.165, 1.54) is 6.07 Å². The molecule has 0 unspecified atom stereocenters. The third-order valence-electron chi connectivity index (χ3n) is 4.68. The molecule has 0 bridgehead atoms. The van der Waals surface area contributed by atoms with Gasteiger partial charge in [-0.2, -0.15) is 0 Å². The van der Waals surface area contributed by atoms with E-state index in [2.05, 4.69) is 25.6 Å². The van der Waals surface area contributed by atoms with Crippen molar-refractivity contribution in [1.82, 2.24) is 25.0 Å². The van der Waals surface area contributed by atoms with Crippen molar-refractivity contribution in [3.63, 3.8) is 0 Å². The maximum atomic E-state index is 13.8. The lowest BCUT2D eigenvalue weighted by atomic mass is 10.1. The first kappa shape index (κ1) is 18.9. The van der Waals surface area contributed by atoms with Crippen molar-refractivity contribution in [3.8, 4) is 11.3 Å². The van der Waals surface area contributed by atoms with Gasteiger partial charge in [-0.1, -0.05) is 23.4 Å². The Bertz CT molecular complexity index is 1160. The van der Waals surface area contributed by atoms with Crippen LogP contribution in [0.25, 0.3) is 22.3 Å². The van der Waals surface area contributed by atoms with Gasteiger partial charge in [0.05, 0.1) is 24.4 Å². The van der Waals surface area contributed by atoms with Crippen LogP contribution in [0.4, 0.5) is 10.3 Å². The van der Waals surface area contributed by atoms with Gasteiger partial charge in [-0.15, -0.1) is 5.10 Å². The van der Waals surface area contributed by atoms with Crippen molar-refractivity contribution < 1.29 is 9.50 Å². The lowest BCUT2D eigenvalue weighted by Crippen LogP contribution is -2.20. The van der Waals surface area contributed by atoms with Crippen molar-refractivity contribution in [2.24, 2.45) is 0 Å². The van der Waals surface area contributed by atoms with Gasteiger partial charge < -0.3 is 10.4 Å². The van der Waals surface area contributed by atoms with E-state index in [0.29, 0.717) is 18.1 Å². The average molecular weight is 392 g/mol. The molecule has 2 heterocycles. The molecule has 1 atom stereocenters. The van der Waals surface area contributed by atoms with Crippen LogP contribution in [0.5, 0.6) is 0 Å². The van der Waals surface area contributed by atoms with Gasteiger partial charge in [-0.25, -0.2) is 19.0 Å². The van der Waals surface area contributed by atoms with Gasteiger partial charge in [-0.05, 0) is 49.2 Å². The average Bonchev–Trinajstić information content (AvgIpc) is 3.13. The van der Waals surface area contributed by atoms with Gasteiger partial charge in [0.1, 0.15) is 11.3 Å². The molecular weight excluding hydrogens is 371 g/mol. The fourth-order valence-electron chi connectivity index (χ4n) is 3.01. The highest BCUT2D eigenvalue weighted by atomic mass is 19.1. The van der Waals surface area contributed by atoms with Crippen LogP contribution in [0, 0.1) is 12.7 Å². The standard InChI is InChI=1S/C21H21FN6O/c1-13-3-4-15(9-17(13)22)11-28-20-6-5-16(10-19(20)26-27-28)18-7-8-23-21(25-18)24-14(2)12-29/h3-10,14,29H,11-12H2,1-2H3,(H,23,24,25)/t14-/m0/s1. The number of aliphatic hydroxyl groups is 1. The van der Waals surface area contributed by atoms with Crippen molar-refractivity contribution in [2.45, 2.75) is 26.4 Å². The van der Waals surface area contributed by atoms with Crippen molar-refractivity contribution in [2.75, 3.05) is 11.9 Å². The summed E-state index contributed by atoms with van der Waals surface area (Å²) in [4.78, 5) is 8.68. The second kappa shape index (κ2) is 7.92. The summed E-state index contributed by atoms with van der Waals surface area (Å²) in [5, 5.41) is 20.7. The Morgan fingerprint density at radius 3 is 2.83 bits per heavy atom. The largest absolute Gasteiger partial charge is 0.394 e. The van der Waals surface area contributed by atoms with Gasteiger partial charge >= 0.3 is 0 Å². The zero-order valence-corrected chi connectivity index (χ0v) is 16.2. The summed E-state index contributed by atoms with van der Waals surface area (Å²) >= 11 is 0. The molecule has 0 radical (unpaired) electrons. The Hall–Kier alpha value is -3.39. The van der Waals surface area contributed by atoms with Gasteiger partial charge in [0.2, 0.25) is 5.95 Å². The number of benzene rings is 2. The summed E-state index contributed by atoms with van der Waals surface area (Å²) in [5.41, 5.74) is 4.66. The predicted molar refractivity (Wildman–Crippen MR) is 109 cm³/mol. The number of halogens is 1. The predicted octanol–water partition coefficient (Wildman–Crippen LogP) is 3.18. The molecule has 8 heteroatoms. The number of aryl methyl sites for hydroxylation is 1. The SMILES string of the molecule is Cc1ccc(Cn2nnc3cc(-c4ccnc(N[C@@H](C)CO)n4)ccc32)cc1F. The second-order valence-corrected chi connectivity index (χ2v) is 7.03. The first-order chi connectivity index (χ1) is 14.0. The summed E-state index contributed by atoms with van der Waals surface area (Å²) in [6, 6.07) is 12.6. The fraction of sp³-hybridized carbons (Fsp3) is 0.238. The Morgan fingerprint density at radius 1 is 1.17 bits per heavy atom. The van der Waals surface area contributed by atoms with E-state index in [-0.39, 0.29) is 18.5 Å². The zero-order chi connectivity index (χ0) is 20.4. The highest BCUT2D eigenvalue weighted by molar-refractivity contribution is 5.80.